The summed E-state index contributed by atoms with van der Waals surface area (Å²) in [6.45, 7) is 2.14. The highest BCUT2D eigenvalue weighted by molar-refractivity contribution is 6.42. The van der Waals surface area contributed by atoms with Gasteiger partial charge in [0.05, 0.1) is 22.7 Å². The normalized spacial score (nSPS) is 13.9. The predicted molar refractivity (Wildman–Crippen MR) is 88.9 cm³/mol. The lowest BCUT2D eigenvalue weighted by molar-refractivity contribution is 0.232. The smallest absolute Gasteiger partial charge is 0.0626 e. The van der Waals surface area contributed by atoms with Crippen molar-refractivity contribution < 1.29 is 5.11 Å². The molecule has 2 rings (SSSR count). The van der Waals surface area contributed by atoms with Gasteiger partial charge in [0.15, 0.2) is 0 Å². The number of aliphatic hydroxyl groups is 1. The standard InChI is InChI=1S/C17H19Cl2NO/c1-2-16(13-8-9-14(18)15(19)10-13)20-17(11-21)12-6-4-3-5-7-12/h3-10,16-17,20-21H,2,11H2,1H3. The average molecular weight is 324 g/mol. The van der Waals surface area contributed by atoms with Gasteiger partial charge < -0.3 is 10.4 Å². The molecule has 0 radical (unpaired) electrons. The van der Waals surface area contributed by atoms with Gasteiger partial charge in [-0.2, -0.15) is 0 Å². The summed E-state index contributed by atoms with van der Waals surface area (Å²) in [4.78, 5) is 0. The van der Waals surface area contributed by atoms with Crippen LogP contribution >= 0.6 is 23.2 Å². The van der Waals surface area contributed by atoms with Crippen LogP contribution in [0.4, 0.5) is 0 Å². The van der Waals surface area contributed by atoms with E-state index in [1.54, 1.807) is 6.07 Å². The Balaban J connectivity index is 2.19. The molecule has 0 fully saturated rings. The first-order chi connectivity index (χ1) is 10.2. The molecular weight excluding hydrogens is 305 g/mol. The minimum Gasteiger partial charge on any atom is -0.394 e. The minimum absolute atomic E-state index is 0.0435. The minimum atomic E-state index is -0.106. The van der Waals surface area contributed by atoms with Crippen molar-refractivity contribution in [3.05, 3.63) is 69.7 Å². The molecule has 2 aromatic carbocycles. The second-order valence-electron chi connectivity index (χ2n) is 4.95. The van der Waals surface area contributed by atoms with E-state index < -0.39 is 0 Å². The zero-order valence-corrected chi connectivity index (χ0v) is 13.4. The van der Waals surface area contributed by atoms with Crippen LogP contribution < -0.4 is 5.32 Å². The molecule has 0 amide bonds. The van der Waals surface area contributed by atoms with Crippen molar-refractivity contribution in [2.45, 2.75) is 25.4 Å². The van der Waals surface area contributed by atoms with E-state index in [4.69, 9.17) is 23.2 Å². The Morgan fingerprint density at radius 3 is 2.24 bits per heavy atom. The molecule has 21 heavy (non-hydrogen) atoms. The second kappa shape index (κ2) is 7.81. The molecule has 0 bridgehead atoms. The van der Waals surface area contributed by atoms with Crippen molar-refractivity contribution in [2.75, 3.05) is 6.61 Å². The first-order valence-electron chi connectivity index (χ1n) is 7.02. The lowest BCUT2D eigenvalue weighted by Gasteiger charge is -2.24. The Morgan fingerprint density at radius 1 is 0.952 bits per heavy atom. The number of hydrogen-bond acceptors (Lipinski definition) is 2. The molecule has 0 aromatic heterocycles. The van der Waals surface area contributed by atoms with Gasteiger partial charge in [-0.25, -0.2) is 0 Å². The molecule has 2 aromatic rings. The largest absolute Gasteiger partial charge is 0.394 e. The van der Waals surface area contributed by atoms with Crippen molar-refractivity contribution in [3.8, 4) is 0 Å². The number of nitrogens with one attached hydrogen (secondary N) is 1. The molecule has 0 heterocycles. The molecule has 0 aliphatic carbocycles. The Hall–Kier alpha value is -1.06. The van der Waals surface area contributed by atoms with E-state index in [0.717, 1.165) is 17.5 Å². The van der Waals surface area contributed by atoms with Crippen LogP contribution in [0.15, 0.2) is 48.5 Å². The lowest BCUT2D eigenvalue weighted by Crippen LogP contribution is -2.28. The zero-order valence-electron chi connectivity index (χ0n) is 11.9. The molecule has 112 valence electrons. The van der Waals surface area contributed by atoms with E-state index in [2.05, 4.69) is 12.2 Å². The Labute approximate surface area is 135 Å². The van der Waals surface area contributed by atoms with E-state index in [0.29, 0.717) is 10.0 Å². The molecule has 2 unspecified atom stereocenters. The van der Waals surface area contributed by atoms with Crippen LogP contribution in [-0.4, -0.2) is 11.7 Å². The van der Waals surface area contributed by atoms with Crippen molar-refractivity contribution in [1.29, 1.82) is 0 Å². The van der Waals surface area contributed by atoms with Crippen LogP contribution in [0.1, 0.15) is 36.6 Å². The van der Waals surface area contributed by atoms with Crippen molar-refractivity contribution in [1.82, 2.24) is 5.32 Å². The topological polar surface area (TPSA) is 32.3 Å². The van der Waals surface area contributed by atoms with E-state index in [9.17, 15) is 5.11 Å². The fraction of sp³-hybridized carbons (Fsp3) is 0.294. The van der Waals surface area contributed by atoms with Crippen LogP contribution in [0.5, 0.6) is 0 Å². The van der Waals surface area contributed by atoms with Gasteiger partial charge in [-0.05, 0) is 29.7 Å². The van der Waals surface area contributed by atoms with Crippen LogP contribution in [0.25, 0.3) is 0 Å². The summed E-state index contributed by atoms with van der Waals surface area (Å²) >= 11 is 12.1. The molecule has 2 atom stereocenters. The predicted octanol–water partition coefficient (Wildman–Crippen LogP) is 4.77. The van der Waals surface area contributed by atoms with Crippen molar-refractivity contribution in [2.24, 2.45) is 0 Å². The van der Waals surface area contributed by atoms with Gasteiger partial charge in [-0.1, -0.05) is 66.5 Å². The molecule has 0 spiro atoms. The maximum absolute atomic E-state index is 9.66. The molecule has 0 aliphatic rings. The SMILES string of the molecule is CCC(NC(CO)c1ccccc1)c1ccc(Cl)c(Cl)c1. The summed E-state index contributed by atoms with van der Waals surface area (Å²) in [5.74, 6) is 0. The fourth-order valence-corrected chi connectivity index (χ4v) is 2.67. The summed E-state index contributed by atoms with van der Waals surface area (Å²) in [5, 5.41) is 14.2. The molecular formula is C17H19Cl2NO. The van der Waals surface area contributed by atoms with Crippen LogP contribution in [-0.2, 0) is 0 Å². The maximum atomic E-state index is 9.66. The summed E-state index contributed by atoms with van der Waals surface area (Å²) in [6, 6.07) is 15.6. The van der Waals surface area contributed by atoms with Crippen LogP contribution in [0.2, 0.25) is 10.0 Å². The average Bonchev–Trinajstić information content (AvgIpc) is 2.52. The van der Waals surface area contributed by atoms with Crippen LogP contribution in [0, 0.1) is 0 Å². The highest BCUT2D eigenvalue weighted by atomic mass is 35.5. The number of aliphatic hydroxyl groups excluding tert-OH is 1. The summed E-state index contributed by atoms with van der Waals surface area (Å²) in [5.41, 5.74) is 2.14. The van der Waals surface area contributed by atoms with E-state index in [-0.39, 0.29) is 18.7 Å². The van der Waals surface area contributed by atoms with Gasteiger partial charge in [0.25, 0.3) is 0 Å². The number of benzene rings is 2. The molecule has 4 heteroatoms. The molecule has 0 aliphatic heterocycles. The van der Waals surface area contributed by atoms with Gasteiger partial charge in [-0.3, -0.25) is 0 Å². The quantitative estimate of drug-likeness (QED) is 0.802. The van der Waals surface area contributed by atoms with Gasteiger partial charge in [0.1, 0.15) is 0 Å². The third kappa shape index (κ3) is 4.21. The Bertz CT molecular complexity index is 574. The van der Waals surface area contributed by atoms with Gasteiger partial charge >= 0.3 is 0 Å². The van der Waals surface area contributed by atoms with Crippen LogP contribution in [0.3, 0.4) is 0 Å². The van der Waals surface area contributed by atoms with Crippen molar-refractivity contribution >= 4 is 23.2 Å². The van der Waals surface area contributed by atoms with Crippen molar-refractivity contribution in [3.63, 3.8) is 0 Å². The number of hydrogen-bond donors (Lipinski definition) is 2. The zero-order chi connectivity index (χ0) is 15.2. The lowest BCUT2D eigenvalue weighted by atomic mass is 10.0. The summed E-state index contributed by atoms with van der Waals surface area (Å²) in [6.07, 6.45) is 0.890. The van der Waals surface area contributed by atoms with E-state index >= 15 is 0 Å². The molecule has 2 N–H and O–H groups in total. The Kier molecular flexibility index (Phi) is 6.07. The number of halogens is 2. The molecule has 0 saturated carbocycles. The fourth-order valence-electron chi connectivity index (χ4n) is 2.36. The first-order valence-corrected chi connectivity index (χ1v) is 7.78. The third-order valence-corrected chi connectivity index (χ3v) is 4.28. The van der Waals surface area contributed by atoms with Gasteiger partial charge in [0, 0.05) is 6.04 Å². The molecule has 0 saturated heterocycles. The summed E-state index contributed by atoms with van der Waals surface area (Å²) in [7, 11) is 0. The highest BCUT2D eigenvalue weighted by Crippen LogP contribution is 2.28. The first kappa shape index (κ1) is 16.3. The Morgan fingerprint density at radius 2 is 1.67 bits per heavy atom. The van der Waals surface area contributed by atoms with Gasteiger partial charge in [-0.15, -0.1) is 0 Å². The maximum Gasteiger partial charge on any atom is 0.0626 e. The second-order valence-corrected chi connectivity index (χ2v) is 5.76. The monoisotopic (exact) mass is 323 g/mol. The van der Waals surface area contributed by atoms with E-state index in [1.807, 2.05) is 42.5 Å². The van der Waals surface area contributed by atoms with E-state index in [1.165, 1.54) is 0 Å². The van der Waals surface area contributed by atoms with Gasteiger partial charge in [0.2, 0.25) is 0 Å². The highest BCUT2D eigenvalue weighted by Gasteiger charge is 2.17. The summed E-state index contributed by atoms with van der Waals surface area (Å²) < 4.78 is 0. The number of rotatable bonds is 6. The molecule has 2 nitrogen and oxygen atoms in total. The third-order valence-electron chi connectivity index (χ3n) is 3.54.